The SMILES string of the molecule is CSCC[C@@H](NC(=O)c1cccc(C)c1)C(=O)OCC(=O)Nc1cccc(C(F)(F)F)c1. The number of thioether (sulfide) groups is 1. The van der Waals surface area contributed by atoms with Crippen molar-refractivity contribution in [1.82, 2.24) is 5.32 Å². The number of halogens is 3. The second kappa shape index (κ2) is 11.6. The molecule has 0 fully saturated rings. The highest BCUT2D eigenvalue weighted by molar-refractivity contribution is 7.98. The first-order valence-corrected chi connectivity index (χ1v) is 11.0. The summed E-state index contributed by atoms with van der Waals surface area (Å²) in [6.07, 6.45) is -2.42. The fraction of sp³-hybridized carbons (Fsp3) is 0.318. The molecule has 0 spiro atoms. The molecule has 2 amide bonds. The third-order valence-electron chi connectivity index (χ3n) is 4.30. The van der Waals surface area contributed by atoms with Crippen LogP contribution in [0.5, 0.6) is 0 Å². The Morgan fingerprint density at radius 1 is 1.09 bits per heavy atom. The third kappa shape index (κ3) is 7.92. The number of anilines is 1. The Hall–Kier alpha value is -3.01. The monoisotopic (exact) mass is 468 g/mol. The molecule has 10 heteroatoms. The summed E-state index contributed by atoms with van der Waals surface area (Å²) in [5.41, 5.74) is 0.275. The van der Waals surface area contributed by atoms with E-state index in [1.165, 1.54) is 17.8 Å². The number of carbonyl (C=O) groups excluding carboxylic acids is 3. The van der Waals surface area contributed by atoms with Crippen LogP contribution in [-0.4, -0.2) is 42.4 Å². The normalized spacial score (nSPS) is 12.0. The van der Waals surface area contributed by atoms with Gasteiger partial charge in [0.1, 0.15) is 6.04 Å². The van der Waals surface area contributed by atoms with Crippen LogP contribution in [0.1, 0.15) is 27.9 Å². The van der Waals surface area contributed by atoms with Crippen LogP contribution in [0, 0.1) is 6.92 Å². The number of hydrogen-bond acceptors (Lipinski definition) is 5. The van der Waals surface area contributed by atoms with E-state index in [9.17, 15) is 27.6 Å². The average molecular weight is 468 g/mol. The van der Waals surface area contributed by atoms with Crippen LogP contribution < -0.4 is 10.6 Å². The van der Waals surface area contributed by atoms with Crippen molar-refractivity contribution in [2.45, 2.75) is 25.6 Å². The highest BCUT2D eigenvalue weighted by Crippen LogP contribution is 2.30. The lowest BCUT2D eigenvalue weighted by molar-refractivity contribution is -0.149. The van der Waals surface area contributed by atoms with Crippen LogP contribution in [0.25, 0.3) is 0 Å². The van der Waals surface area contributed by atoms with Crippen molar-refractivity contribution < 1.29 is 32.3 Å². The van der Waals surface area contributed by atoms with Crippen LogP contribution in [-0.2, 0) is 20.5 Å². The average Bonchev–Trinajstić information content (AvgIpc) is 2.74. The molecule has 0 aliphatic rings. The maximum absolute atomic E-state index is 12.8. The summed E-state index contributed by atoms with van der Waals surface area (Å²) < 4.78 is 43.3. The van der Waals surface area contributed by atoms with Gasteiger partial charge in [-0.05, 0) is 55.7 Å². The first-order chi connectivity index (χ1) is 15.1. The molecular weight excluding hydrogens is 445 g/mol. The summed E-state index contributed by atoms with van der Waals surface area (Å²) in [5.74, 6) is -1.50. The molecule has 0 aliphatic carbocycles. The van der Waals surface area contributed by atoms with Gasteiger partial charge in [0.25, 0.3) is 11.8 Å². The minimum atomic E-state index is -4.55. The van der Waals surface area contributed by atoms with E-state index < -0.39 is 42.2 Å². The molecule has 0 bridgehead atoms. The molecule has 2 N–H and O–H groups in total. The number of amides is 2. The molecule has 32 heavy (non-hydrogen) atoms. The second-order valence-electron chi connectivity index (χ2n) is 6.91. The zero-order valence-corrected chi connectivity index (χ0v) is 18.3. The molecule has 0 heterocycles. The van der Waals surface area contributed by atoms with Gasteiger partial charge in [-0.1, -0.05) is 23.8 Å². The molecule has 0 saturated heterocycles. The fourth-order valence-electron chi connectivity index (χ4n) is 2.72. The van der Waals surface area contributed by atoms with Gasteiger partial charge in [0, 0.05) is 11.3 Å². The van der Waals surface area contributed by atoms with E-state index in [1.807, 2.05) is 19.2 Å². The Morgan fingerprint density at radius 3 is 2.47 bits per heavy atom. The molecular formula is C22H23F3N2O4S. The van der Waals surface area contributed by atoms with Crippen LogP contribution in [0.4, 0.5) is 18.9 Å². The van der Waals surface area contributed by atoms with Gasteiger partial charge < -0.3 is 15.4 Å². The van der Waals surface area contributed by atoms with E-state index in [4.69, 9.17) is 4.74 Å². The Bertz CT molecular complexity index is 966. The lowest BCUT2D eigenvalue weighted by Gasteiger charge is -2.17. The molecule has 0 radical (unpaired) electrons. The first kappa shape index (κ1) is 25.3. The van der Waals surface area contributed by atoms with E-state index in [2.05, 4.69) is 10.6 Å². The van der Waals surface area contributed by atoms with Gasteiger partial charge in [0.15, 0.2) is 6.61 Å². The number of esters is 1. The standard InChI is InChI=1S/C22H23F3N2O4S/c1-14-5-3-6-15(11-14)20(29)27-18(9-10-32-2)21(30)31-13-19(28)26-17-8-4-7-16(12-17)22(23,24)25/h3-8,11-12,18H,9-10,13H2,1-2H3,(H,26,28)(H,27,29)/t18-/m1/s1. The first-order valence-electron chi connectivity index (χ1n) is 9.60. The summed E-state index contributed by atoms with van der Waals surface area (Å²) in [7, 11) is 0. The zero-order valence-electron chi connectivity index (χ0n) is 17.5. The molecule has 0 aromatic heterocycles. The Balaban J connectivity index is 1.96. The lowest BCUT2D eigenvalue weighted by atomic mass is 10.1. The highest BCUT2D eigenvalue weighted by atomic mass is 32.2. The number of carbonyl (C=O) groups is 3. The molecule has 172 valence electrons. The molecule has 6 nitrogen and oxygen atoms in total. The van der Waals surface area contributed by atoms with Gasteiger partial charge in [-0.15, -0.1) is 0 Å². The van der Waals surface area contributed by atoms with Crippen molar-refractivity contribution in [2.24, 2.45) is 0 Å². The predicted octanol–water partition coefficient (Wildman–Crippen LogP) is 4.05. The Kier molecular flexibility index (Phi) is 9.13. The van der Waals surface area contributed by atoms with Gasteiger partial charge in [-0.2, -0.15) is 24.9 Å². The summed E-state index contributed by atoms with van der Waals surface area (Å²) in [5, 5.41) is 4.87. The maximum Gasteiger partial charge on any atom is 0.416 e. The summed E-state index contributed by atoms with van der Waals surface area (Å²) in [6, 6.07) is 9.97. The number of hydrogen-bond donors (Lipinski definition) is 2. The van der Waals surface area contributed by atoms with E-state index in [0.717, 1.165) is 23.8 Å². The minimum absolute atomic E-state index is 0.0763. The largest absolute Gasteiger partial charge is 0.454 e. The van der Waals surface area contributed by atoms with Gasteiger partial charge in [0.05, 0.1) is 5.56 Å². The zero-order chi connectivity index (χ0) is 23.7. The number of ether oxygens (including phenoxy) is 1. The molecule has 1 atom stereocenters. The van der Waals surface area contributed by atoms with Crippen LogP contribution in [0.2, 0.25) is 0 Å². The fourth-order valence-corrected chi connectivity index (χ4v) is 3.19. The van der Waals surface area contributed by atoms with Crippen LogP contribution >= 0.6 is 11.8 Å². The quantitative estimate of drug-likeness (QED) is 0.543. The van der Waals surface area contributed by atoms with Crippen LogP contribution in [0.15, 0.2) is 48.5 Å². The maximum atomic E-state index is 12.8. The smallest absolute Gasteiger partial charge is 0.416 e. The summed E-state index contributed by atoms with van der Waals surface area (Å²) in [4.78, 5) is 37.0. The summed E-state index contributed by atoms with van der Waals surface area (Å²) in [6.45, 7) is 1.13. The number of aryl methyl sites for hydroxylation is 1. The van der Waals surface area contributed by atoms with Gasteiger partial charge in [0.2, 0.25) is 0 Å². The lowest BCUT2D eigenvalue weighted by Crippen LogP contribution is -2.43. The van der Waals surface area contributed by atoms with E-state index in [-0.39, 0.29) is 12.1 Å². The topological polar surface area (TPSA) is 84.5 Å². The van der Waals surface area contributed by atoms with Gasteiger partial charge in [-0.3, -0.25) is 9.59 Å². The number of benzene rings is 2. The Labute approximate surface area is 187 Å². The van der Waals surface area contributed by atoms with E-state index in [1.54, 1.807) is 18.2 Å². The molecule has 0 saturated carbocycles. The minimum Gasteiger partial charge on any atom is -0.454 e. The van der Waals surface area contributed by atoms with Crippen molar-refractivity contribution in [2.75, 3.05) is 23.9 Å². The molecule has 2 rings (SSSR count). The summed E-state index contributed by atoms with van der Waals surface area (Å²) >= 11 is 1.47. The number of nitrogens with one attached hydrogen (secondary N) is 2. The predicted molar refractivity (Wildman–Crippen MR) is 116 cm³/mol. The van der Waals surface area contributed by atoms with Crippen molar-refractivity contribution in [1.29, 1.82) is 0 Å². The van der Waals surface area contributed by atoms with Gasteiger partial charge in [-0.25, -0.2) is 4.79 Å². The second-order valence-corrected chi connectivity index (χ2v) is 7.90. The number of alkyl halides is 3. The molecule has 0 aliphatic heterocycles. The van der Waals surface area contributed by atoms with Crippen molar-refractivity contribution in [3.63, 3.8) is 0 Å². The molecule has 2 aromatic rings. The van der Waals surface area contributed by atoms with Crippen molar-refractivity contribution in [3.8, 4) is 0 Å². The molecule has 2 aromatic carbocycles. The van der Waals surface area contributed by atoms with E-state index >= 15 is 0 Å². The van der Waals surface area contributed by atoms with Gasteiger partial charge >= 0.3 is 12.1 Å². The highest BCUT2D eigenvalue weighted by Gasteiger charge is 2.30. The van der Waals surface area contributed by atoms with E-state index in [0.29, 0.717) is 11.3 Å². The van der Waals surface area contributed by atoms with Crippen molar-refractivity contribution >= 4 is 35.2 Å². The van der Waals surface area contributed by atoms with Crippen LogP contribution in [0.3, 0.4) is 0 Å². The third-order valence-corrected chi connectivity index (χ3v) is 4.94. The van der Waals surface area contributed by atoms with Crippen molar-refractivity contribution in [3.05, 3.63) is 65.2 Å². The number of rotatable bonds is 9. The molecule has 0 unspecified atom stereocenters. The Morgan fingerprint density at radius 2 is 1.81 bits per heavy atom.